The van der Waals surface area contributed by atoms with Crippen molar-refractivity contribution in [2.24, 2.45) is 0 Å². The highest BCUT2D eigenvalue weighted by Crippen LogP contribution is 2.31. The Bertz CT molecular complexity index is 368. The van der Waals surface area contributed by atoms with E-state index in [1.165, 1.54) is 0 Å². The molecule has 0 amide bonds. The minimum absolute atomic E-state index is 0.0955. The first-order chi connectivity index (χ1) is 8.67. The molecule has 1 rings (SSSR count). The smallest absolute Gasteiger partial charge is 0.161 e. The van der Waals surface area contributed by atoms with Crippen molar-refractivity contribution < 1.29 is 14.2 Å². The van der Waals surface area contributed by atoms with Gasteiger partial charge in [0.1, 0.15) is 0 Å². The van der Waals surface area contributed by atoms with E-state index in [0.717, 1.165) is 17.1 Å². The van der Waals surface area contributed by atoms with E-state index in [1.54, 1.807) is 14.2 Å². The molecular formula is C14H23NO3. The van der Waals surface area contributed by atoms with E-state index in [2.05, 4.69) is 12.2 Å². The van der Waals surface area contributed by atoms with Crippen molar-refractivity contribution in [2.75, 3.05) is 27.9 Å². The van der Waals surface area contributed by atoms with E-state index in [0.29, 0.717) is 6.61 Å². The first-order valence-corrected chi connectivity index (χ1v) is 6.18. The molecule has 2 atom stereocenters. The van der Waals surface area contributed by atoms with Gasteiger partial charge in [0.05, 0.1) is 26.4 Å². The van der Waals surface area contributed by atoms with Gasteiger partial charge in [-0.1, -0.05) is 6.07 Å². The van der Waals surface area contributed by atoms with E-state index >= 15 is 0 Å². The molecule has 0 aliphatic carbocycles. The second kappa shape index (κ2) is 7.24. The summed E-state index contributed by atoms with van der Waals surface area (Å²) in [6.45, 7) is 4.76. The van der Waals surface area contributed by atoms with E-state index < -0.39 is 0 Å². The average Bonchev–Trinajstić information content (AvgIpc) is 2.39. The molecule has 0 aliphatic heterocycles. The third kappa shape index (κ3) is 3.37. The first-order valence-electron chi connectivity index (χ1n) is 6.18. The van der Waals surface area contributed by atoms with Crippen LogP contribution in [0, 0.1) is 0 Å². The standard InChI is InChI=1S/C14H23NO3/c1-6-18-10(2)14(15-3)11-7-8-12(16-4)13(9-11)17-5/h7-10,14-15H,6H2,1-5H3. The number of methoxy groups -OCH3 is 2. The Balaban J connectivity index is 2.99. The third-order valence-electron chi connectivity index (χ3n) is 2.98. The summed E-state index contributed by atoms with van der Waals surface area (Å²) in [5, 5.41) is 3.27. The maximum Gasteiger partial charge on any atom is 0.161 e. The zero-order valence-corrected chi connectivity index (χ0v) is 11.8. The lowest BCUT2D eigenvalue weighted by molar-refractivity contribution is 0.0492. The van der Waals surface area contributed by atoms with Crippen LogP contribution in [0.25, 0.3) is 0 Å². The second-order valence-corrected chi connectivity index (χ2v) is 4.04. The molecule has 1 aromatic rings. The molecule has 18 heavy (non-hydrogen) atoms. The molecule has 4 heteroatoms. The Morgan fingerprint density at radius 1 is 1.17 bits per heavy atom. The Morgan fingerprint density at radius 3 is 2.33 bits per heavy atom. The van der Waals surface area contributed by atoms with Crippen LogP contribution < -0.4 is 14.8 Å². The van der Waals surface area contributed by atoms with Gasteiger partial charge in [-0.2, -0.15) is 0 Å². The normalized spacial score (nSPS) is 14.1. The molecule has 0 saturated carbocycles. The molecule has 1 N–H and O–H groups in total. The summed E-state index contributed by atoms with van der Waals surface area (Å²) in [7, 11) is 5.20. The highest BCUT2D eigenvalue weighted by Gasteiger charge is 2.19. The Labute approximate surface area is 109 Å². The molecule has 0 aromatic heterocycles. The first kappa shape index (κ1) is 14.8. The van der Waals surface area contributed by atoms with E-state index in [9.17, 15) is 0 Å². The number of likely N-dealkylation sites (N-methyl/N-ethyl adjacent to an activating group) is 1. The van der Waals surface area contributed by atoms with Crippen molar-refractivity contribution in [3.05, 3.63) is 23.8 Å². The van der Waals surface area contributed by atoms with Crippen LogP contribution in [-0.4, -0.2) is 34.0 Å². The molecule has 0 heterocycles. The molecule has 0 saturated heterocycles. The molecule has 102 valence electrons. The van der Waals surface area contributed by atoms with Gasteiger partial charge in [0.2, 0.25) is 0 Å². The van der Waals surface area contributed by atoms with Gasteiger partial charge in [0.15, 0.2) is 11.5 Å². The summed E-state index contributed by atoms with van der Waals surface area (Å²) in [5.74, 6) is 1.47. The largest absolute Gasteiger partial charge is 0.493 e. The molecule has 0 radical (unpaired) electrons. The quantitative estimate of drug-likeness (QED) is 0.810. The average molecular weight is 253 g/mol. The predicted molar refractivity (Wildman–Crippen MR) is 72.4 cm³/mol. The van der Waals surface area contributed by atoms with Crippen molar-refractivity contribution >= 4 is 0 Å². The lowest BCUT2D eigenvalue weighted by atomic mass is 10.0. The number of ether oxygens (including phenoxy) is 3. The summed E-state index contributed by atoms with van der Waals surface area (Å²) in [4.78, 5) is 0. The summed E-state index contributed by atoms with van der Waals surface area (Å²) < 4.78 is 16.2. The SMILES string of the molecule is CCOC(C)C(NC)c1ccc(OC)c(OC)c1. The number of benzene rings is 1. The van der Waals surface area contributed by atoms with Crippen molar-refractivity contribution in [1.29, 1.82) is 0 Å². The van der Waals surface area contributed by atoms with E-state index in [1.807, 2.05) is 32.2 Å². The van der Waals surface area contributed by atoms with Crippen LogP contribution in [0.5, 0.6) is 11.5 Å². The van der Waals surface area contributed by atoms with Crippen LogP contribution >= 0.6 is 0 Å². The monoisotopic (exact) mass is 253 g/mol. The number of rotatable bonds is 7. The highest BCUT2D eigenvalue weighted by atomic mass is 16.5. The third-order valence-corrected chi connectivity index (χ3v) is 2.98. The lowest BCUT2D eigenvalue weighted by Gasteiger charge is -2.24. The van der Waals surface area contributed by atoms with Crippen molar-refractivity contribution in [3.8, 4) is 11.5 Å². The summed E-state index contributed by atoms with van der Waals surface area (Å²) >= 11 is 0. The molecule has 4 nitrogen and oxygen atoms in total. The van der Waals surface area contributed by atoms with E-state index in [4.69, 9.17) is 14.2 Å². The van der Waals surface area contributed by atoms with Crippen LogP contribution in [-0.2, 0) is 4.74 Å². The second-order valence-electron chi connectivity index (χ2n) is 4.04. The fourth-order valence-corrected chi connectivity index (χ4v) is 2.08. The van der Waals surface area contributed by atoms with Crippen LogP contribution in [0.3, 0.4) is 0 Å². The van der Waals surface area contributed by atoms with Gasteiger partial charge in [-0.25, -0.2) is 0 Å². The highest BCUT2D eigenvalue weighted by molar-refractivity contribution is 5.44. The maximum atomic E-state index is 5.64. The molecule has 2 unspecified atom stereocenters. The van der Waals surface area contributed by atoms with Crippen molar-refractivity contribution in [2.45, 2.75) is 26.0 Å². The topological polar surface area (TPSA) is 39.7 Å². The van der Waals surface area contributed by atoms with E-state index in [-0.39, 0.29) is 12.1 Å². The zero-order chi connectivity index (χ0) is 13.5. The molecule has 0 spiro atoms. The van der Waals surface area contributed by atoms with Gasteiger partial charge in [-0.05, 0) is 38.6 Å². The van der Waals surface area contributed by atoms with Crippen molar-refractivity contribution in [3.63, 3.8) is 0 Å². The molecular weight excluding hydrogens is 230 g/mol. The predicted octanol–water partition coefficient (Wildman–Crippen LogP) is 2.39. The van der Waals surface area contributed by atoms with Crippen LogP contribution in [0.4, 0.5) is 0 Å². The van der Waals surface area contributed by atoms with Crippen molar-refractivity contribution in [1.82, 2.24) is 5.32 Å². The van der Waals surface area contributed by atoms with Crippen LogP contribution in [0.2, 0.25) is 0 Å². The van der Waals surface area contributed by atoms with Gasteiger partial charge in [0.25, 0.3) is 0 Å². The Morgan fingerprint density at radius 2 is 1.83 bits per heavy atom. The summed E-state index contributed by atoms with van der Waals surface area (Å²) in [6.07, 6.45) is 0.0955. The number of hydrogen-bond donors (Lipinski definition) is 1. The summed E-state index contributed by atoms with van der Waals surface area (Å²) in [6, 6.07) is 6.05. The molecule has 0 fully saturated rings. The van der Waals surface area contributed by atoms with Gasteiger partial charge in [-0.15, -0.1) is 0 Å². The Kier molecular flexibility index (Phi) is 5.95. The maximum absolute atomic E-state index is 5.64. The molecule has 1 aromatic carbocycles. The number of nitrogens with one attached hydrogen (secondary N) is 1. The summed E-state index contributed by atoms with van der Waals surface area (Å²) in [5.41, 5.74) is 1.12. The Hall–Kier alpha value is -1.26. The van der Waals surface area contributed by atoms with Gasteiger partial charge < -0.3 is 19.5 Å². The van der Waals surface area contributed by atoms with Crippen LogP contribution in [0.15, 0.2) is 18.2 Å². The van der Waals surface area contributed by atoms with Gasteiger partial charge in [0, 0.05) is 6.61 Å². The van der Waals surface area contributed by atoms with Gasteiger partial charge in [-0.3, -0.25) is 0 Å². The lowest BCUT2D eigenvalue weighted by Crippen LogP contribution is -2.29. The molecule has 0 bridgehead atoms. The minimum atomic E-state index is 0.0955. The molecule has 0 aliphatic rings. The van der Waals surface area contributed by atoms with Gasteiger partial charge >= 0.3 is 0 Å². The zero-order valence-electron chi connectivity index (χ0n) is 11.8. The minimum Gasteiger partial charge on any atom is -0.493 e. The number of hydrogen-bond acceptors (Lipinski definition) is 4. The van der Waals surface area contributed by atoms with Crippen LogP contribution in [0.1, 0.15) is 25.5 Å². The fourth-order valence-electron chi connectivity index (χ4n) is 2.08. The fraction of sp³-hybridized carbons (Fsp3) is 0.571.